The zero-order chi connectivity index (χ0) is 7.61. The van der Waals surface area contributed by atoms with Crippen LogP contribution < -0.4 is 5.73 Å². The van der Waals surface area contributed by atoms with Gasteiger partial charge < -0.3 is 15.2 Å². The molecule has 0 atom stereocenters. The zero-order valence-electron chi connectivity index (χ0n) is 6.59. The fourth-order valence-corrected chi connectivity index (χ4v) is 0.845. The van der Waals surface area contributed by atoms with Gasteiger partial charge in [0.15, 0.2) is 5.79 Å². The SMILES string of the molecule is CC1COC(C)(CN)OC1. The van der Waals surface area contributed by atoms with E-state index in [1.54, 1.807) is 0 Å². The summed E-state index contributed by atoms with van der Waals surface area (Å²) >= 11 is 0. The summed E-state index contributed by atoms with van der Waals surface area (Å²) in [6.07, 6.45) is 0. The molecule has 2 N–H and O–H groups in total. The number of ether oxygens (including phenoxy) is 2. The van der Waals surface area contributed by atoms with Gasteiger partial charge in [0.2, 0.25) is 0 Å². The molecule has 3 nitrogen and oxygen atoms in total. The van der Waals surface area contributed by atoms with Crippen LogP contribution >= 0.6 is 0 Å². The van der Waals surface area contributed by atoms with Crippen LogP contribution in [0.25, 0.3) is 0 Å². The molecule has 1 aliphatic rings. The van der Waals surface area contributed by atoms with E-state index < -0.39 is 5.79 Å². The summed E-state index contributed by atoms with van der Waals surface area (Å²) in [4.78, 5) is 0. The molecule has 0 amide bonds. The second kappa shape index (κ2) is 2.86. The maximum absolute atomic E-state index is 5.43. The number of hydrogen-bond donors (Lipinski definition) is 1. The van der Waals surface area contributed by atoms with Crippen LogP contribution in [0, 0.1) is 5.92 Å². The van der Waals surface area contributed by atoms with Crippen molar-refractivity contribution < 1.29 is 9.47 Å². The fourth-order valence-electron chi connectivity index (χ4n) is 0.845. The first kappa shape index (κ1) is 7.98. The van der Waals surface area contributed by atoms with Crippen molar-refractivity contribution in [2.75, 3.05) is 19.8 Å². The lowest BCUT2D eigenvalue weighted by Crippen LogP contribution is -2.46. The van der Waals surface area contributed by atoms with Crippen molar-refractivity contribution in [3.8, 4) is 0 Å². The highest BCUT2D eigenvalue weighted by atomic mass is 16.7. The molecule has 0 aromatic rings. The van der Waals surface area contributed by atoms with E-state index in [9.17, 15) is 0 Å². The minimum absolute atomic E-state index is 0.430. The van der Waals surface area contributed by atoms with Gasteiger partial charge in [-0.1, -0.05) is 6.92 Å². The van der Waals surface area contributed by atoms with Crippen molar-refractivity contribution in [2.24, 2.45) is 11.7 Å². The number of nitrogens with two attached hydrogens (primary N) is 1. The predicted molar refractivity (Wildman–Crippen MR) is 38.5 cm³/mol. The van der Waals surface area contributed by atoms with E-state index in [-0.39, 0.29) is 0 Å². The number of hydrogen-bond acceptors (Lipinski definition) is 3. The molecule has 1 rings (SSSR count). The van der Waals surface area contributed by atoms with Gasteiger partial charge in [-0.05, 0) is 6.92 Å². The monoisotopic (exact) mass is 145 g/mol. The van der Waals surface area contributed by atoms with Gasteiger partial charge in [0, 0.05) is 12.5 Å². The third-order valence-corrected chi connectivity index (χ3v) is 1.72. The largest absolute Gasteiger partial charge is 0.349 e. The molecule has 1 heterocycles. The molecule has 10 heavy (non-hydrogen) atoms. The standard InChI is InChI=1S/C7H15NO2/c1-6-3-9-7(2,5-8)10-4-6/h6H,3-5,8H2,1-2H3. The Morgan fingerprint density at radius 2 is 2.00 bits per heavy atom. The molecule has 60 valence electrons. The molecular weight excluding hydrogens is 130 g/mol. The highest BCUT2D eigenvalue weighted by molar-refractivity contribution is 4.69. The van der Waals surface area contributed by atoms with Crippen molar-refractivity contribution in [3.05, 3.63) is 0 Å². The molecule has 0 aliphatic carbocycles. The van der Waals surface area contributed by atoms with Gasteiger partial charge in [0.1, 0.15) is 0 Å². The predicted octanol–water partition coefficient (Wildman–Crippen LogP) is 0.344. The van der Waals surface area contributed by atoms with E-state index in [0.717, 1.165) is 13.2 Å². The molecule has 0 spiro atoms. The second-order valence-corrected chi connectivity index (χ2v) is 3.07. The molecule has 3 heteroatoms. The molecule has 0 aromatic heterocycles. The van der Waals surface area contributed by atoms with Crippen LogP contribution in [-0.4, -0.2) is 25.5 Å². The van der Waals surface area contributed by atoms with Crippen LogP contribution in [0.3, 0.4) is 0 Å². The normalized spacial score (nSPS) is 41.7. The van der Waals surface area contributed by atoms with Gasteiger partial charge in [0.25, 0.3) is 0 Å². The highest BCUT2D eigenvalue weighted by Gasteiger charge is 2.29. The molecule has 1 aliphatic heterocycles. The topological polar surface area (TPSA) is 44.5 Å². The second-order valence-electron chi connectivity index (χ2n) is 3.07. The highest BCUT2D eigenvalue weighted by Crippen LogP contribution is 2.19. The van der Waals surface area contributed by atoms with E-state index >= 15 is 0 Å². The van der Waals surface area contributed by atoms with Crippen LogP contribution in [0.4, 0.5) is 0 Å². The lowest BCUT2D eigenvalue weighted by atomic mass is 10.2. The van der Waals surface area contributed by atoms with Crippen LogP contribution in [0.15, 0.2) is 0 Å². The Morgan fingerprint density at radius 3 is 2.40 bits per heavy atom. The quantitative estimate of drug-likeness (QED) is 0.579. The van der Waals surface area contributed by atoms with E-state index in [2.05, 4.69) is 6.92 Å². The maximum atomic E-state index is 5.43. The summed E-state index contributed by atoms with van der Waals surface area (Å²) in [5.41, 5.74) is 5.43. The van der Waals surface area contributed by atoms with Crippen LogP contribution in [0.1, 0.15) is 13.8 Å². The van der Waals surface area contributed by atoms with Gasteiger partial charge in [-0.15, -0.1) is 0 Å². The average Bonchev–Trinajstić information content (AvgIpc) is 1.96. The van der Waals surface area contributed by atoms with Crippen LogP contribution in [0.5, 0.6) is 0 Å². The van der Waals surface area contributed by atoms with Crippen LogP contribution in [-0.2, 0) is 9.47 Å². The maximum Gasteiger partial charge on any atom is 0.177 e. The van der Waals surface area contributed by atoms with E-state index in [4.69, 9.17) is 15.2 Å². The summed E-state index contributed by atoms with van der Waals surface area (Å²) in [6, 6.07) is 0. The summed E-state index contributed by atoms with van der Waals surface area (Å²) < 4.78 is 10.8. The molecule has 0 unspecified atom stereocenters. The Kier molecular flexibility index (Phi) is 2.28. The minimum Gasteiger partial charge on any atom is -0.349 e. The third-order valence-electron chi connectivity index (χ3n) is 1.72. The molecule has 1 fully saturated rings. The first-order chi connectivity index (χ1) is 4.66. The summed E-state index contributed by atoms with van der Waals surface area (Å²) in [5, 5.41) is 0. The van der Waals surface area contributed by atoms with E-state index in [0.29, 0.717) is 12.5 Å². The van der Waals surface area contributed by atoms with Gasteiger partial charge >= 0.3 is 0 Å². The molecule has 0 bridgehead atoms. The molecule has 0 saturated carbocycles. The van der Waals surface area contributed by atoms with Crippen molar-refractivity contribution in [2.45, 2.75) is 19.6 Å². The minimum atomic E-state index is -0.521. The van der Waals surface area contributed by atoms with Crippen molar-refractivity contribution in [3.63, 3.8) is 0 Å². The van der Waals surface area contributed by atoms with Gasteiger partial charge in [-0.25, -0.2) is 0 Å². The first-order valence-corrected chi connectivity index (χ1v) is 3.64. The van der Waals surface area contributed by atoms with E-state index in [1.165, 1.54) is 0 Å². The molecular formula is C7H15NO2. The average molecular weight is 145 g/mol. The Morgan fingerprint density at radius 1 is 1.50 bits per heavy atom. The third kappa shape index (κ3) is 1.68. The number of rotatable bonds is 1. The smallest absolute Gasteiger partial charge is 0.177 e. The van der Waals surface area contributed by atoms with Crippen molar-refractivity contribution in [1.82, 2.24) is 0 Å². The Hall–Kier alpha value is -0.120. The Balaban J connectivity index is 2.38. The van der Waals surface area contributed by atoms with Gasteiger partial charge in [0.05, 0.1) is 13.2 Å². The molecule has 0 aromatic carbocycles. The van der Waals surface area contributed by atoms with Crippen LogP contribution in [0.2, 0.25) is 0 Å². The lowest BCUT2D eigenvalue weighted by Gasteiger charge is -2.35. The molecule has 1 saturated heterocycles. The summed E-state index contributed by atoms with van der Waals surface area (Å²) in [5.74, 6) is -0.0217. The van der Waals surface area contributed by atoms with Gasteiger partial charge in [-0.3, -0.25) is 0 Å². The first-order valence-electron chi connectivity index (χ1n) is 3.64. The Bertz CT molecular complexity index is 108. The van der Waals surface area contributed by atoms with Gasteiger partial charge in [-0.2, -0.15) is 0 Å². The van der Waals surface area contributed by atoms with E-state index in [1.807, 2.05) is 6.92 Å². The van der Waals surface area contributed by atoms with Crippen molar-refractivity contribution >= 4 is 0 Å². The summed E-state index contributed by atoms with van der Waals surface area (Å²) in [7, 11) is 0. The van der Waals surface area contributed by atoms with Crippen molar-refractivity contribution in [1.29, 1.82) is 0 Å². The molecule has 0 radical (unpaired) electrons. The Labute approximate surface area is 61.5 Å². The fraction of sp³-hybridized carbons (Fsp3) is 1.00. The lowest BCUT2D eigenvalue weighted by molar-refractivity contribution is -0.264. The summed E-state index contributed by atoms with van der Waals surface area (Å²) in [6.45, 7) is 5.91. The zero-order valence-corrected chi connectivity index (χ0v) is 6.59.